The summed E-state index contributed by atoms with van der Waals surface area (Å²) in [4.78, 5) is 15.5. The summed E-state index contributed by atoms with van der Waals surface area (Å²) in [7, 11) is 0. The third-order valence-corrected chi connectivity index (χ3v) is 13.5. The maximum atomic E-state index is 5.19. The zero-order valence-corrected chi connectivity index (χ0v) is 40.9. The van der Waals surface area contributed by atoms with Gasteiger partial charge in [0.1, 0.15) is 0 Å². The number of benzene rings is 5. The summed E-state index contributed by atoms with van der Waals surface area (Å²) in [5.74, 6) is 0. The van der Waals surface area contributed by atoms with Crippen molar-refractivity contribution in [3.8, 4) is 22.5 Å². The molecule has 0 bridgehead atoms. The summed E-state index contributed by atoms with van der Waals surface area (Å²) >= 11 is 0. The molecule has 0 N–H and O–H groups in total. The molecule has 0 radical (unpaired) electrons. The van der Waals surface area contributed by atoms with E-state index in [4.69, 9.17) is 9.97 Å². The highest BCUT2D eigenvalue weighted by Gasteiger charge is 2.45. The molecule has 0 fully saturated rings. The molecule has 0 amide bonds. The number of nitrogens with zero attached hydrogens (tertiary/aromatic N) is 4. The van der Waals surface area contributed by atoms with E-state index in [1.807, 2.05) is 0 Å². The van der Waals surface area contributed by atoms with Crippen LogP contribution >= 0.6 is 0 Å². The molecular formula is C59H65BN4. The Morgan fingerprint density at radius 1 is 0.359 bits per heavy atom. The van der Waals surface area contributed by atoms with Gasteiger partial charge in [0.2, 0.25) is 0 Å². The fourth-order valence-electron chi connectivity index (χ4n) is 9.69. The van der Waals surface area contributed by atoms with E-state index in [0.717, 1.165) is 33.9 Å². The highest BCUT2D eigenvalue weighted by atomic mass is 15.2. The fourth-order valence-corrected chi connectivity index (χ4v) is 9.69. The minimum atomic E-state index is -0.0485. The van der Waals surface area contributed by atoms with Gasteiger partial charge in [-0.2, -0.15) is 0 Å². The number of aromatic nitrogens is 2. The number of anilines is 6. The van der Waals surface area contributed by atoms with Crippen LogP contribution in [0.1, 0.15) is 122 Å². The molecule has 4 heterocycles. The summed E-state index contributed by atoms with van der Waals surface area (Å²) in [5.41, 5.74) is 23.8. The molecule has 0 aliphatic carbocycles. The Labute approximate surface area is 383 Å². The van der Waals surface area contributed by atoms with Crippen molar-refractivity contribution < 1.29 is 0 Å². The Kier molecular flexibility index (Phi) is 10.2. The smallest absolute Gasteiger partial charge is 0.252 e. The Bertz CT molecular complexity index is 2750. The maximum Gasteiger partial charge on any atom is 0.252 e. The van der Waals surface area contributed by atoms with E-state index in [2.05, 4.69) is 235 Å². The van der Waals surface area contributed by atoms with Crippen molar-refractivity contribution in [2.45, 2.75) is 126 Å². The Balaban J connectivity index is 1.37. The van der Waals surface area contributed by atoms with Crippen molar-refractivity contribution >= 4 is 57.2 Å². The predicted molar refractivity (Wildman–Crippen MR) is 276 cm³/mol. The number of pyridine rings is 2. The summed E-state index contributed by atoms with van der Waals surface area (Å²) in [5, 5.41) is 0. The van der Waals surface area contributed by atoms with Gasteiger partial charge < -0.3 is 9.80 Å². The molecule has 0 spiro atoms. The van der Waals surface area contributed by atoms with Crippen LogP contribution in [0.25, 0.3) is 22.5 Å². The standard InChI is InChI=1S/C59H65BN4/c1-36-16-24-49(43(28-36)47-22-18-41(34-61-47)58(10,11)12)63-51-26-20-39(56(4,5)6)32-45(51)60-46-33-40(57(7,8)9)21-27-52(46)64(54-31-38(3)30-53(63)55(54)60)50-25-17-37(2)29-44(50)48-23-19-42(35-62-48)59(13,14)15/h16-35H,1-15H3. The number of rotatable bonds is 4. The van der Waals surface area contributed by atoms with Crippen molar-refractivity contribution in [3.05, 3.63) is 161 Å². The topological polar surface area (TPSA) is 32.3 Å². The molecule has 324 valence electrons. The second kappa shape index (κ2) is 15.1. The third kappa shape index (κ3) is 7.55. The number of aryl methyl sites for hydroxylation is 3. The maximum absolute atomic E-state index is 5.19. The molecule has 2 aromatic heterocycles. The van der Waals surface area contributed by atoms with E-state index in [0.29, 0.717) is 0 Å². The van der Waals surface area contributed by atoms with Crippen LogP contribution in [0.15, 0.2) is 122 Å². The van der Waals surface area contributed by atoms with Crippen LogP contribution in [0.2, 0.25) is 0 Å². The van der Waals surface area contributed by atoms with E-state index in [9.17, 15) is 0 Å². The van der Waals surface area contributed by atoms with Crippen LogP contribution in [0.3, 0.4) is 0 Å². The lowest BCUT2D eigenvalue weighted by Crippen LogP contribution is -2.61. The molecule has 5 aromatic carbocycles. The molecule has 2 aliphatic heterocycles. The monoisotopic (exact) mass is 841 g/mol. The number of fused-ring (bicyclic) bond motifs is 4. The van der Waals surface area contributed by atoms with E-state index < -0.39 is 0 Å². The lowest BCUT2D eigenvalue weighted by molar-refractivity contribution is 0.587. The molecule has 0 atom stereocenters. The first-order chi connectivity index (χ1) is 30.0. The quantitative estimate of drug-likeness (QED) is 0.165. The van der Waals surface area contributed by atoms with Crippen LogP contribution in [0, 0.1) is 20.8 Å². The Morgan fingerprint density at radius 2 is 0.719 bits per heavy atom. The number of hydrogen-bond donors (Lipinski definition) is 0. The molecule has 5 heteroatoms. The van der Waals surface area contributed by atoms with Gasteiger partial charge in [-0.05, 0) is 147 Å². The Hall–Kier alpha value is -5.94. The summed E-state index contributed by atoms with van der Waals surface area (Å²) in [6.45, 7) is 34.1. The van der Waals surface area contributed by atoms with E-state index in [-0.39, 0.29) is 28.4 Å². The average Bonchev–Trinajstić information content (AvgIpc) is 3.22. The van der Waals surface area contributed by atoms with E-state index in [1.165, 1.54) is 78.1 Å². The van der Waals surface area contributed by atoms with E-state index >= 15 is 0 Å². The molecule has 0 saturated carbocycles. The van der Waals surface area contributed by atoms with Crippen LogP contribution in [0.4, 0.5) is 34.1 Å². The largest absolute Gasteiger partial charge is 0.311 e. The SMILES string of the molecule is Cc1ccc(N2c3ccc(C(C)(C)C)cc3B3c4cc(C(C)(C)C)ccc4N(c4ccc(C)cc4-c4ccc(C(C)(C)C)cn4)c4cc(C)cc2c43)c(-c2ccc(C(C)(C)C)cn2)c1. The Morgan fingerprint density at radius 3 is 1.06 bits per heavy atom. The molecule has 64 heavy (non-hydrogen) atoms. The zero-order valence-electron chi connectivity index (χ0n) is 40.9. The molecule has 0 unspecified atom stereocenters. The van der Waals surface area contributed by atoms with Gasteiger partial charge in [0, 0.05) is 46.3 Å². The molecular weight excluding hydrogens is 775 g/mol. The minimum absolute atomic E-state index is 0.00541. The molecule has 9 rings (SSSR count). The van der Waals surface area contributed by atoms with E-state index in [1.54, 1.807) is 0 Å². The van der Waals surface area contributed by atoms with Crippen LogP contribution < -0.4 is 26.2 Å². The second-order valence-electron chi connectivity index (χ2n) is 22.8. The molecule has 0 saturated heterocycles. The van der Waals surface area contributed by atoms with Crippen LogP contribution in [-0.4, -0.2) is 16.7 Å². The first kappa shape index (κ1) is 43.3. The summed E-state index contributed by atoms with van der Waals surface area (Å²) < 4.78 is 0. The van der Waals surface area contributed by atoms with Crippen molar-refractivity contribution in [2.75, 3.05) is 9.80 Å². The second-order valence-corrected chi connectivity index (χ2v) is 22.8. The van der Waals surface area contributed by atoms with Crippen molar-refractivity contribution in [2.24, 2.45) is 0 Å². The average molecular weight is 841 g/mol. The highest BCUT2D eigenvalue weighted by Crippen LogP contribution is 2.49. The zero-order chi connectivity index (χ0) is 45.8. The summed E-state index contributed by atoms with van der Waals surface area (Å²) in [6, 6.07) is 42.1. The lowest BCUT2D eigenvalue weighted by Gasteiger charge is -2.45. The highest BCUT2D eigenvalue weighted by molar-refractivity contribution is 7.00. The van der Waals surface area contributed by atoms with Crippen molar-refractivity contribution in [1.82, 2.24) is 9.97 Å². The number of hydrogen-bond acceptors (Lipinski definition) is 4. The fraction of sp³-hybridized carbons (Fsp3) is 0.322. The van der Waals surface area contributed by atoms with Crippen LogP contribution in [-0.2, 0) is 21.7 Å². The van der Waals surface area contributed by atoms with Gasteiger partial charge in [-0.3, -0.25) is 9.97 Å². The van der Waals surface area contributed by atoms with Crippen molar-refractivity contribution in [1.29, 1.82) is 0 Å². The first-order valence-electron chi connectivity index (χ1n) is 23.2. The summed E-state index contributed by atoms with van der Waals surface area (Å²) in [6.07, 6.45) is 4.14. The molecule has 7 aromatic rings. The van der Waals surface area contributed by atoms with Gasteiger partial charge in [-0.1, -0.05) is 143 Å². The van der Waals surface area contributed by atoms with Gasteiger partial charge in [0.15, 0.2) is 0 Å². The first-order valence-corrected chi connectivity index (χ1v) is 23.2. The van der Waals surface area contributed by atoms with Crippen molar-refractivity contribution in [3.63, 3.8) is 0 Å². The van der Waals surface area contributed by atoms with Gasteiger partial charge >= 0.3 is 0 Å². The molecule has 4 nitrogen and oxygen atoms in total. The lowest BCUT2D eigenvalue weighted by atomic mass is 9.33. The van der Waals surface area contributed by atoms with Gasteiger partial charge in [-0.15, -0.1) is 0 Å². The van der Waals surface area contributed by atoms with Gasteiger partial charge in [0.05, 0.1) is 22.8 Å². The normalized spacial score (nSPS) is 13.8. The van der Waals surface area contributed by atoms with Gasteiger partial charge in [0.25, 0.3) is 6.71 Å². The predicted octanol–water partition coefficient (Wildman–Crippen LogP) is 14.0. The third-order valence-electron chi connectivity index (χ3n) is 13.5. The molecule has 2 aliphatic rings. The van der Waals surface area contributed by atoms with Gasteiger partial charge in [-0.25, -0.2) is 0 Å². The van der Waals surface area contributed by atoms with Crippen LogP contribution in [0.5, 0.6) is 0 Å². The minimum Gasteiger partial charge on any atom is -0.311 e.